The van der Waals surface area contributed by atoms with Crippen LogP contribution in [0, 0.1) is 18.3 Å². The summed E-state index contributed by atoms with van der Waals surface area (Å²) in [7, 11) is 0. The number of piperidine rings is 1. The Kier molecular flexibility index (Phi) is 4.62. The summed E-state index contributed by atoms with van der Waals surface area (Å²) in [5, 5.41) is 9.85. The molecule has 0 bridgehead atoms. The van der Waals surface area contributed by atoms with Gasteiger partial charge in [0, 0.05) is 23.7 Å². The zero-order valence-electron chi connectivity index (χ0n) is 11.6. The van der Waals surface area contributed by atoms with E-state index in [9.17, 15) is 10.1 Å². The summed E-state index contributed by atoms with van der Waals surface area (Å²) in [6.07, 6.45) is 3.40. The fourth-order valence-corrected chi connectivity index (χ4v) is 3.28. The van der Waals surface area contributed by atoms with E-state index in [-0.39, 0.29) is 10.7 Å². The Balaban J connectivity index is 2.13. The number of amides is 1. The lowest BCUT2D eigenvalue weighted by atomic mass is 9.96. The largest absolute Gasteiger partial charge is 0.338 e. The second-order valence-corrected chi connectivity index (χ2v) is 6.69. The zero-order chi connectivity index (χ0) is 14.8. The highest BCUT2D eigenvalue weighted by Gasteiger charge is 2.35. The van der Waals surface area contributed by atoms with Gasteiger partial charge in [-0.2, -0.15) is 5.26 Å². The molecule has 1 amide bonds. The van der Waals surface area contributed by atoms with Crippen LogP contribution in [0.2, 0.25) is 5.02 Å². The normalized spacial score (nSPS) is 17.6. The molecule has 0 aliphatic carbocycles. The molecule has 1 aromatic carbocycles. The first-order valence-electron chi connectivity index (χ1n) is 6.53. The summed E-state index contributed by atoms with van der Waals surface area (Å²) >= 11 is 7.56. The van der Waals surface area contributed by atoms with Crippen LogP contribution in [0.3, 0.4) is 0 Å². The molecule has 1 aliphatic heterocycles. The number of rotatable bonds is 2. The van der Waals surface area contributed by atoms with Crippen molar-refractivity contribution in [1.29, 1.82) is 5.26 Å². The average Bonchev–Trinajstić information content (AvgIpc) is 2.49. The topological polar surface area (TPSA) is 44.1 Å². The van der Waals surface area contributed by atoms with E-state index in [4.69, 9.17) is 11.6 Å². The van der Waals surface area contributed by atoms with Gasteiger partial charge in [-0.05, 0) is 43.7 Å². The van der Waals surface area contributed by atoms with Crippen molar-refractivity contribution in [2.75, 3.05) is 19.3 Å². The van der Waals surface area contributed by atoms with Crippen molar-refractivity contribution in [1.82, 2.24) is 4.90 Å². The molecular formula is C15H17ClN2OS. The van der Waals surface area contributed by atoms with Crippen molar-refractivity contribution < 1.29 is 4.79 Å². The number of hydrogen-bond donors (Lipinski definition) is 0. The molecule has 0 radical (unpaired) electrons. The van der Waals surface area contributed by atoms with Gasteiger partial charge in [0.2, 0.25) is 0 Å². The molecule has 1 fully saturated rings. The van der Waals surface area contributed by atoms with E-state index in [0.717, 1.165) is 18.4 Å². The van der Waals surface area contributed by atoms with Gasteiger partial charge in [-0.15, -0.1) is 11.8 Å². The van der Waals surface area contributed by atoms with E-state index < -0.39 is 0 Å². The Bertz CT molecular complexity index is 559. The standard InChI is InChI=1S/C15H17ClN2OS/c1-11-3-4-12(16)9-13(11)14(19)18-7-5-15(10-17,20-2)6-8-18/h3-4,9H,5-8H2,1-2H3. The van der Waals surface area contributed by atoms with Crippen LogP contribution in [0.15, 0.2) is 18.2 Å². The molecule has 3 nitrogen and oxygen atoms in total. The average molecular weight is 309 g/mol. The number of thioether (sulfide) groups is 1. The predicted octanol–water partition coefficient (Wildman–Crippen LogP) is 3.51. The minimum Gasteiger partial charge on any atom is -0.338 e. The minimum atomic E-state index is -0.333. The first kappa shape index (κ1) is 15.2. The minimum absolute atomic E-state index is 0.0117. The summed E-state index contributed by atoms with van der Waals surface area (Å²) in [6.45, 7) is 3.16. The molecule has 0 N–H and O–H groups in total. The van der Waals surface area contributed by atoms with Gasteiger partial charge in [-0.25, -0.2) is 0 Å². The second kappa shape index (κ2) is 6.07. The van der Waals surface area contributed by atoms with Crippen molar-refractivity contribution in [2.24, 2.45) is 0 Å². The molecule has 1 aliphatic rings. The molecule has 2 rings (SSSR count). The number of nitrogens with zero attached hydrogens (tertiary/aromatic N) is 2. The number of carbonyl (C=O) groups excluding carboxylic acids is 1. The Morgan fingerprint density at radius 1 is 1.45 bits per heavy atom. The molecule has 20 heavy (non-hydrogen) atoms. The van der Waals surface area contributed by atoms with Crippen molar-refractivity contribution in [3.8, 4) is 6.07 Å². The first-order valence-corrected chi connectivity index (χ1v) is 8.13. The summed E-state index contributed by atoms with van der Waals surface area (Å²) in [5.41, 5.74) is 1.59. The molecular weight excluding hydrogens is 292 g/mol. The van der Waals surface area contributed by atoms with Gasteiger partial charge in [0.1, 0.15) is 4.75 Å². The fraction of sp³-hybridized carbons (Fsp3) is 0.467. The third-order valence-corrected chi connectivity index (χ3v) is 5.40. The molecule has 0 unspecified atom stereocenters. The third kappa shape index (κ3) is 2.94. The van der Waals surface area contributed by atoms with Gasteiger partial charge in [-0.3, -0.25) is 4.79 Å². The first-order chi connectivity index (χ1) is 9.51. The predicted molar refractivity (Wildman–Crippen MR) is 83.2 cm³/mol. The van der Waals surface area contributed by atoms with Gasteiger partial charge >= 0.3 is 0 Å². The highest BCUT2D eigenvalue weighted by molar-refractivity contribution is 8.00. The molecule has 1 saturated heterocycles. The fourth-order valence-electron chi connectivity index (χ4n) is 2.43. The van der Waals surface area contributed by atoms with E-state index in [0.29, 0.717) is 23.7 Å². The van der Waals surface area contributed by atoms with Crippen LogP contribution in [-0.4, -0.2) is 34.9 Å². The molecule has 1 aromatic rings. The highest BCUT2D eigenvalue weighted by Crippen LogP contribution is 2.34. The Labute approximate surface area is 128 Å². The van der Waals surface area contributed by atoms with Crippen molar-refractivity contribution >= 4 is 29.3 Å². The molecule has 0 atom stereocenters. The van der Waals surface area contributed by atoms with Crippen LogP contribution in [0.4, 0.5) is 0 Å². The number of carbonyl (C=O) groups is 1. The number of aryl methyl sites for hydroxylation is 1. The molecule has 5 heteroatoms. The summed E-state index contributed by atoms with van der Waals surface area (Å²) in [6, 6.07) is 7.76. The lowest BCUT2D eigenvalue weighted by molar-refractivity contribution is 0.0716. The van der Waals surface area contributed by atoms with Crippen molar-refractivity contribution in [2.45, 2.75) is 24.5 Å². The Morgan fingerprint density at radius 2 is 2.10 bits per heavy atom. The third-order valence-electron chi connectivity index (χ3n) is 3.88. The van der Waals surface area contributed by atoms with Crippen LogP contribution in [0.1, 0.15) is 28.8 Å². The molecule has 1 heterocycles. The lowest BCUT2D eigenvalue weighted by Gasteiger charge is -2.36. The number of halogens is 1. The van der Waals surface area contributed by atoms with Gasteiger partial charge < -0.3 is 4.90 Å². The van der Waals surface area contributed by atoms with E-state index in [2.05, 4.69) is 6.07 Å². The summed E-state index contributed by atoms with van der Waals surface area (Å²) in [4.78, 5) is 14.4. The SMILES string of the molecule is CSC1(C#N)CCN(C(=O)c2cc(Cl)ccc2C)CC1. The monoisotopic (exact) mass is 308 g/mol. The summed E-state index contributed by atoms with van der Waals surface area (Å²) in [5.74, 6) is 0.0117. The molecule has 0 aromatic heterocycles. The number of nitriles is 1. The van der Waals surface area contributed by atoms with Gasteiger partial charge in [0.15, 0.2) is 0 Å². The summed E-state index contributed by atoms with van der Waals surface area (Å²) < 4.78 is -0.333. The van der Waals surface area contributed by atoms with E-state index in [1.165, 1.54) is 0 Å². The van der Waals surface area contributed by atoms with Crippen LogP contribution in [0.5, 0.6) is 0 Å². The van der Waals surface area contributed by atoms with Crippen molar-refractivity contribution in [3.63, 3.8) is 0 Å². The quantitative estimate of drug-likeness (QED) is 0.840. The molecule has 0 saturated carbocycles. The van der Waals surface area contributed by atoms with Gasteiger partial charge in [-0.1, -0.05) is 17.7 Å². The highest BCUT2D eigenvalue weighted by atomic mass is 35.5. The second-order valence-electron chi connectivity index (χ2n) is 5.06. The van der Waals surface area contributed by atoms with Crippen LogP contribution < -0.4 is 0 Å². The maximum absolute atomic E-state index is 12.5. The van der Waals surface area contributed by atoms with Crippen LogP contribution >= 0.6 is 23.4 Å². The van der Waals surface area contributed by atoms with E-state index >= 15 is 0 Å². The van der Waals surface area contributed by atoms with Crippen molar-refractivity contribution in [3.05, 3.63) is 34.3 Å². The zero-order valence-corrected chi connectivity index (χ0v) is 13.2. The Morgan fingerprint density at radius 3 is 2.65 bits per heavy atom. The van der Waals surface area contributed by atoms with E-state index in [1.807, 2.05) is 24.1 Å². The van der Waals surface area contributed by atoms with E-state index in [1.54, 1.807) is 23.9 Å². The maximum atomic E-state index is 12.5. The molecule has 0 spiro atoms. The molecule has 106 valence electrons. The lowest BCUT2D eigenvalue weighted by Crippen LogP contribution is -2.44. The maximum Gasteiger partial charge on any atom is 0.254 e. The van der Waals surface area contributed by atoms with Crippen LogP contribution in [-0.2, 0) is 0 Å². The number of likely N-dealkylation sites (tertiary alicyclic amines) is 1. The smallest absolute Gasteiger partial charge is 0.254 e. The number of benzene rings is 1. The van der Waals surface area contributed by atoms with Crippen LogP contribution in [0.25, 0.3) is 0 Å². The van der Waals surface area contributed by atoms with Gasteiger partial charge in [0.25, 0.3) is 5.91 Å². The Hall–Kier alpha value is -1.18. The number of hydrogen-bond acceptors (Lipinski definition) is 3. The van der Waals surface area contributed by atoms with Gasteiger partial charge in [0.05, 0.1) is 6.07 Å².